The van der Waals surface area contributed by atoms with E-state index in [9.17, 15) is 4.79 Å². The van der Waals surface area contributed by atoms with Gasteiger partial charge in [0, 0.05) is 5.92 Å². The number of rotatable bonds is 1. The third-order valence-electron chi connectivity index (χ3n) is 2.10. The summed E-state index contributed by atoms with van der Waals surface area (Å²) in [5.74, 6) is 5.66. The van der Waals surface area contributed by atoms with Gasteiger partial charge in [0.05, 0.1) is 0 Å². The second-order valence-corrected chi connectivity index (χ2v) is 2.67. The number of carbonyl (C=O) groups is 1. The second-order valence-electron chi connectivity index (χ2n) is 2.67. The summed E-state index contributed by atoms with van der Waals surface area (Å²) in [6.45, 7) is 2.07. The Labute approximate surface area is 54.6 Å². The maximum Gasteiger partial charge on any atom is 0.237 e. The molecule has 0 radical (unpaired) electrons. The average molecular weight is 128 g/mol. The molecule has 1 rings (SSSR count). The molecule has 1 fully saturated rings. The lowest BCUT2D eigenvalue weighted by Gasteiger charge is -2.31. The van der Waals surface area contributed by atoms with Crippen molar-refractivity contribution in [3.05, 3.63) is 0 Å². The molecule has 0 unspecified atom stereocenters. The Hall–Kier alpha value is -0.570. The van der Waals surface area contributed by atoms with Crippen molar-refractivity contribution in [2.75, 3.05) is 0 Å². The molecule has 52 valence electrons. The van der Waals surface area contributed by atoms with Gasteiger partial charge in [0.1, 0.15) is 0 Å². The molecule has 0 aromatic heterocycles. The maximum atomic E-state index is 10.8. The van der Waals surface area contributed by atoms with Gasteiger partial charge in [-0.1, -0.05) is 6.92 Å². The van der Waals surface area contributed by atoms with Gasteiger partial charge in [0.25, 0.3) is 0 Å². The van der Waals surface area contributed by atoms with Gasteiger partial charge < -0.3 is 0 Å². The first kappa shape index (κ1) is 6.55. The van der Waals surface area contributed by atoms with Crippen molar-refractivity contribution >= 4 is 5.91 Å². The van der Waals surface area contributed by atoms with Crippen molar-refractivity contribution in [2.45, 2.75) is 19.8 Å². The first-order valence-electron chi connectivity index (χ1n) is 3.26. The summed E-state index contributed by atoms with van der Waals surface area (Å²) in [7, 11) is 0. The maximum absolute atomic E-state index is 10.8. The predicted octanol–water partition coefficient (Wildman–Crippen LogP) is 0.0224. The number of carbonyl (C=O) groups excluding carboxylic acids is 1. The van der Waals surface area contributed by atoms with Crippen LogP contribution in [0.25, 0.3) is 0 Å². The molecular formula is C6H12N2O. The van der Waals surface area contributed by atoms with Crippen LogP contribution in [0.3, 0.4) is 0 Å². The molecule has 9 heavy (non-hydrogen) atoms. The molecule has 1 saturated carbocycles. The molecule has 1 amide bonds. The van der Waals surface area contributed by atoms with Crippen molar-refractivity contribution < 1.29 is 4.79 Å². The van der Waals surface area contributed by atoms with Crippen molar-refractivity contribution in [3.63, 3.8) is 0 Å². The van der Waals surface area contributed by atoms with Crippen LogP contribution < -0.4 is 11.3 Å². The molecule has 3 heteroatoms. The fourth-order valence-electron chi connectivity index (χ4n) is 1.16. The van der Waals surface area contributed by atoms with Crippen LogP contribution in [0.2, 0.25) is 0 Å². The van der Waals surface area contributed by atoms with Gasteiger partial charge in [-0.3, -0.25) is 10.2 Å². The Bertz CT molecular complexity index is 124. The van der Waals surface area contributed by atoms with E-state index in [1.165, 1.54) is 0 Å². The fourth-order valence-corrected chi connectivity index (χ4v) is 1.16. The summed E-state index contributed by atoms with van der Waals surface area (Å²) in [6, 6.07) is 0. The molecule has 2 atom stereocenters. The lowest BCUT2D eigenvalue weighted by atomic mass is 9.74. The van der Waals surface area contributed by atoms with Crippen LogP contribution in [0.1, 0.15) is 19.8 Å². The van der Waals surface area contributed by atoms with Gasteiger partial charge in [-0.25, -0.2) is 5.84 Å². The van der Waals surface area contributed by atoms with E-state index in [4.69, 9.17) is 5.84 Å². The molecule has 3 nitrogen and oxygen atoms in total. The molecule has 0 aromatic carbocycles. The molecule has 1 aliphatic carbocycles. The van der Waals surface area contributed by atoms with Gasteiger partial charge in [0.15, 0.2) is 0 Å². The monoisotopic (exact) mass is 128 g/mol. The molecule has 3 N–H and O–H groups in total. The second kappa shape index (κ2) is 2.35. The molecule has 0 bridgehead atoms. The minimum Gasteiger partial charge on any atom is -0.294 e. The van der Waals surface area contributed by atoms with E-state index >= 15 is 0 Å². The summed E-state index contributed by atoms with van der Waals surface area (Å²) in [5, 5.41) is 0. The average Bonchev–Trinajstić information content (AvgIpc) is 1.84. The molecule has 0 spiro atoms. The van der Waals surface area contributed by atoms with E-state index in [1.807, 2.05) is 0 Å². The highest BCUT2D eigenvalue weighted by molar-refractivity contribution is 5.79. The van der Waals surface area contributed by atoms with Gasteiger partial charge in [-0.05, 0) is 18.8 Å². The van der Waals surface area contributed by atoms with Gasteiger partial charge in [-0.2, -0.15) is 0 Å². The van der Waals surface area contributed by atoms with Crippen molar-refractivity contribution in [1.82, 2.24) is 5.43 Å². The fraction of sp³-hybridized carbons (Fsp3) is 0.833. The third kappa shape index (κ3) is 1.05. The first-order valence-corrected chi connectivity index (χ1v) is 3.26. The first-order chi connectivity index (χ1) is 4.25. The summed E-state index contributed by atoms with van der Waals surface area (Å²) in [6.07, 6.45) is 2.17. The Morgan fingerprint density at radius 1 is 1.67 bits per heavy atom. The van der Waals surface area contributed by atoms with Crippen molar-refractivity contribution in [3.8, 4) is 0 Å². The number of nitrogens with one attached hydrogen (secondary N) is 1. The van der Waals surface area contributed by atoms with Crippen LogP contribution in [-0.4, -0.2) is 5.91 Å². The van der Waals surface area contributed by atoms with Crippen molar-refractivity contribution in [1.29, 1.82) is 0 Å². The van der Waals surface area contributed by atoms with Crippen LogP contribution in [-0.2, 0) is 4.79 Å². The van der Waals surface area contributed by atoms with Crippen LogP contribution in [0.15, 0.2) is 0 Å². The van der Waals surface area contributed by atoms with E-state index in [-0.39, 0.29) is 11.8 Å². The van der Waals surface area contributed by atoms with Crippen LogP contribution in [0, 0.1) is 11.8 Å². The van der Waals surface area contributed by atoms with Gasteiger partial charge in [0.2, 0.25) is 5.91 Å². The van der Waals surface area contributed by atoms with E-state index in [0.29, 0.717) is 5.92 Å². The summed E-state index contributed by atoms with van der Waals surface area (Å²) in [4.78, 5) is 10.8. The summed E-state index contributed by atoms with van der Waals surface area (Å²) >= 11 is 0. The SMILES string of the molecule is C[C@@H]1CC[C@@H]1C(=O)NN. The zero-order chi connectivity index (χ0) is 6.85. The normalized spacial score (nSPS) is 33.1. The highest BCUT2D eigenvalue weighted by Gasteiger charge is 2.32. The van der Waals surface area contributed by atoms with Crippen molar-refractivity contribution in [2.24, 2.45) is 17.7 Å². The van der Waals surface area contributed by atoms with Crippen LogP contribution >= 0.6 is 0 Å². The number of nitrogens with two attached hydrogens (primary N) is 1. The minimum absolute atomic E-state index is 0.00579. The summed E-state index contributed by atoms with van der Waals surface area (Å²) < 4.78 is 0. The zero-order valence-corrected chi connectivity index (χ0v) is 5.55. The minimum atomic E-state index is -0.00579. The molecule has 0 saturated heterocycles. The number of hydrogen-bond donors (Lipinski definition) is 2. The number of hydrogen-bond acceptors (Lipinski definition) is 2. The highest BCUT2D eigenvalue weighted by atomic mass is 16.2. The lowest BCUT2D eigenvalue weighted by Crippen LogP contribution is -2.42. The van der Waals surface area contributed by atoms with E-state index in [2.05, 4.69) is 12.3 Å². The molecular weight excluding hydrogens is 116 g/mol. The van der Waals surface area contributed by atoms with Crippen LogP contribution in [0.5, 0.6) is 0 Å². The quantitative estimate of drug-likeness (QED) is 0.297. The molecule has 0 heterocycles. The van der Waals surface area contributed by atoms with Gasteiger partial charge in [-0.15, -0.1) is 0 Å². The topological polar surface area (TPSA) is 55.1 Å². The third-order valence-corrected chi connectivity index (χ3v) is 2.10. The Morgan fingerprint density at radius 3 is 2.44 bits per heavy atom. The predicted molar refractivity (Wildman–Crippen MR) is 34.2 cm³/mol. The highest BCUT2D eigenvalue weighted by Crippen LogP contribution is 2.33. The van der Waals surface area contributed by atoms with E-state index < -0.39 is 0 Å². The standard InChI is InChI=1S/C6H12N2O/c1-4-2-3-5(4)6(9)8-7/h4-5H,2-3,7H2,1H3,(H,8,9)/t4-,5+/m1/s1. The Morgan fingerprint density at radius 2 is 2.33 bits per heavy atom. The Balaban J connectivity index is 2.35. The summed E-state index contributed by atoms with van der Waals surface area (Å²) in [5.41, 5.74) is 2.16. The number of amides is 1. The largest absolute Gasteiger partial charge is 0.294 e. The van der Waals surface area contributed by atoms with E-state index in [1.54, 1.807) is 0 Å². The lowest BCUT2D eigenvalue weighted by molar-refractivity contribution is -0.129. The molecule has 0 aromatic rings. The number of hydrazine groups is 1. The zero-order valence-electron chi connectivity index (χ0n) is 5.55. The van der Waals surface area contributed by atoms with E-state index in [0.717, 1.165) is 12.8 Å². The molecule has 1 aliphatic rings. The molecule has 0 aliphatic heterocycles. The smallest absolute Gasteiger partial charge is 0.237 e. The Kier molecular flexibility index (Phi) is 1.71. The van der Waals surface area contributed by atoms with Crippen LogP contribution in [0.4, 0.5) is 0 Å². The van der Waals surface area contributed by atoms with Gasteiger partial charge >= 0.3 is 0 Å².